The van der Waals surface area contributed by atoms with E-state index in [2.05, 4.69) is 0 Å². The summed E-state index contributed by atoms with van der Waals surface area (Å²) in [5.74, 6) is 0.123. The first-order valence-electron chi connectivity index (χ1n) is 6.91. The molecule has 0 saturated heterocycles. The van der Waals surface area contributed by atoms with Crippen molar-refractivity contribution in [3.05, 3.63) is 0 Å². The molecule has 0 heterocycles. The SMILES string of the molecule is O=C(Cl)C(=O)C1(C2CCCCC2)CCCCC1. The van der Waals surface area contributed by atoms with Gasteiger partial charge in [0.25, 0.3) is 5.24 Å². The van der Waals surface area contributed by atoms with Gasteiger partial charge in [-0.15, -0.1) is 0 Å². The zero-order valence-electron chi connectivity index (χ0n) is 10.3. The summed E-state index contributed by atoms with van der Waals surface area (Å²) in [6.07, 6.45) is 11.0. The monoisotopic (exact) mass is 256 g/mol. The quantitative estimate of drug-likeness (QED) is 0.568. The highest BCUT2D eigenvalue weighted by Crippen LogP contribution is 2.49. The van der Waals surface area contributed by atoms with Gasteiger partial charge in [-0.05, 0) is 43.2 Å². The molecule has 2 rings (SSSR count). The molecule has 17 heavy (non-hydrogen) atoms. The minimum absolute atomic E-state index is 0.286. The van der Waals surface area contributed by atoms with Crippen molar-refractivity contribution in [3.63, 3.8) is 0 Å². The third-order valence-electron chi connectivity index (χ3n) is 4.76. The van der Waals surface area contributed by atoms with Crippen LogP contribution < -0.4 is 0 Å². The van der Waals surface area contributed by atoms with Gasteiger partial charge in [0, 0.05) is 5.41 Å². The number of carbonyl (C=O) groups excluding carboxylic acids is 2. The molecule has 2 nitrogen and oxygen atoms in total. The predicted molar refractivity (Wildman–Crippen MR) is 68.0 cm³/mol. The normalized spacial score (nSPS) is 25.5. The van der Waals surface area contributed by atoms with Crippen molar-refractivity contribution < 1.29 is 9.59 Å². The van der Waals surface area contributed by atoms with E-state index in [4.69, 9.17) is 11.6 Å². The van der Waals surface area contributed by atoms with Crippen LogP contribution in [0.2, 0.25) is 0 Å². The first-order chi connectivity index (χ1) is 8.17. The van der Waals surface area contributed by atoms with Crippen LogP contribution in [0.3, 0.4) is 0 Å². The fraction of sp³-hybridized carbons (Fsp3) is 0.857. The lowest BCUT2D eigenvalue weighted by Gasteiger charge is -2.43. The number of carbonyl (C=O) groups is 2. The van der Waals surface area contributed by atoms with E-state index in [-0.39, 0.29) is 5.78 Å². The van der Waals surface area contributed by atoms with E-state index in [1.54, 1.807) is 0 Å². The van der Waals surface area contributed by atoms with Crippen LogP contribution in [0.15, 0.2) is 0 Å². The number of rotatable bonds is 3. The summed E-state index contributed by atoms with van der Waals surface area (Å²) in [5.41, 5.74) is -0.391. The minimum atomic E-state index is -0.738. The molecule has 0 bridgehead atoms. The van der Waals surface area contributed by atoms with Crippen molar-refractivity contribution in [2.45, 2.75) is 64.2 Å². The summed E-state index contributed by atoms with van der Waals surface area (Å²) in [6.45, 7) is 0. The van der Waals surface area contributed by atoms with Crippen molar-refractivity contribution in [1.29, 1.82) is 0 Å². The molecule has 0 unspecified atom stereocenters. The second-order valence-electron chi connectivity index (χ2n) is 5.65. The third kappa shape index (κ3) is 2.57. The highest BCUT2D eigenvalue weighted by atomic mass is 35.5. The third-order valence-corrected chi connectivity index (χ3v) is 4.93. The van der Waals surface area contributed by atoms with Gasteiger partial charge in [-0.1, -0.05) is 38.5 Å². The zero-order chi connectivity index (χ0) is 12.3. The van der Waals surface area contributed by atoms with Crippen LogP contribution in [0.5, 0.6) is 0 Å². The lowest BCUT2D eigenvalue weighted by molar-refractivity contribution is -0.143. The van der Waals surface area contributed by atoms with Gasteiger partial charge in [-0.3, -0.25) is 9.59 Å². The molecule has 3 heteroatoms. The van der Waals surface area contributed by atoms with Crippen LogP contribution in [0.1, 0.15) is 64.2 Å². The largest absolute Gasteiger partial charge is 0.289 e. The van der Waals surface area contributed by atoms with Crippen LogP contribution in [0.25, 0.3) is 0 Å². The number of ketones is 1. The van der Waals surface area contributed by atoms with Gasteiger partial charge in [0.2, 0.25) is 5.78 Å². The van der Waals surface area contributed by atoms with Gasteiger partial charge < -0.3 is 0 Å². The maximum Gasteiger partial charge on any atom is 0.288 e. The average molecular weight is 257 g/mol. The zero-order valence-corrected chi connectivity index (χ0v) is 11.1. The molecule has 0 amide bonds. The molecule has 2 aliphatic carbocycles. The van der Waals surface area contributed by atoms with E-state index in [1.807, 2.05) is 0 Å². The molecule has 2 saturated carbocycles. The predicted octanol–water partition coefficient (Wildman–Crippen LogP) is 3.85. The number of halogens is 1. The number of hydrogen-bond acceptors (Lipinski definition) is 2. The maximum atomic E-state index is 12.2. The Morgan fingerprint density at radius 1 is 0.882 bits per heavy atom. The van der Waals surface area contributed by atoms with Gasteiger partial charge in [0.1, 0.15) is 0 Å². The number of hydrogen-bond donors (Lipinski definition) is 0. The molecule has 0 aromatic heterocycles. The van der Waals surface area contributed by atoms with Gasteiger partial charge in [0.15, 0.2) is 0 Å². The molecular formula is C14H21ClO2. The van der Waals surface area contributed by atoms with Crippen molar-refractivity contribution in [3.8, 4) is 0 Å². The molecule has 0 radical (unpaired) electrons. The second kappa shape index (κ2) is 5.51. The Morgan fingerprint density at radius 2 is 1.41 bits per heavy atom. The molecular weight excluding hydrogens is 236 g/mol. The molecule has 2 aliphatic rings. The molecule has 0 aromatic carbocycles. The van der Waals surface area contributed by atoms with E-state index in [0.717, 1.165) is 38.5 Å². The Bertz CT molecular complexity index is 299. The van der Waals surface area contributed by atoms with E-state index in [9.17, 15) is 9.59 Å². The fourth-order valence-corrected chi connectivity index (χ4v) is 4.04. The van der Waals surface area contributed by atoms with Crippen molar-refractivity contribution >= 4 is 22.6 Å². The highest BCUT2D eigenvalue weighted by molar-refractivity contribution is 6.81. The van der Waals surface area contributed by atoms with Crippen LogP contribution in [-0.4, -0.2) is 11.0 Å². The Hall–Kier alpha value is -0.370. The Labute approximate surface area is 108 Å². The Kier molecular flexibility index (Phi) is 4.24. The maximum absolute atomic E-state index is 12.2. The van der Waals surface area contributed by atoms with E-state index >= 15 is 0 Å². The van der Waals surface area contributed by atoms with Gasteiger partial charge in [-0.2, -0.15) is 0 Å². The summed E-state index contributed by atoms with van der Waals surface area (Å²) < 4.78 is 0. The lowest BCUT2D eigenvalue weighted by atomic mass is 9.60. The average Bonchev–Trinajstić information content (AvgIpc) is 2.39. The first-order valence-corrected chi connectivity index (χ1v) is 7.29. The molecule has 0 N–H and O–H groups in total. The van der Waals surface area contributed by atoms with Crippen LogP contribution >= 0.6 is 11.6 Å². The standard InChI is InChI=1S/C14H21ClO2/c15-13(17)12(16)14(9-5-2-6-10-14)11-7-3-1-4-8-11/h11H,1-10H2. The first kappa shape index (κ1) is 13.1. The second-order valence-corrected chi connectivity index (χ2v) is 6.00. The smallest absolute Gasteiger partial charge is 0.288 e. The molecule has 2 fully saturated rings. The molecule has 0 aromatic rings. The molecule has 0 aliphatic heterocycles. The van der Waals surface area contributed by atoms with E-state index < -0.39 is 10.7 Å². The van der Waals surface area contributed by atoms with Crippen LogP contribution in [0, 0.1) is 11.3 Å². The summed E-state index contributed by atoms with van der Waals surface area (Å²) in [7, 11) is 0. The van der Waals surface area contributed by atoms with E-state index in [1.165, 1.54) is 25.7 Å². The fourth-order valence-electron chi connectivity index (χ4n) is 3.85. The minimum Gasteiger partial charge on any atom is -0.289 e. The van der Waals surface area contributed by atoms with Gasteiger partial charge in [0.05, 0.1) is 0 Å². The molecule has 96 valence electrons. The summed E-state index contributed by atoms with van der Waals surface area (Å²) >= 11 is 5.48. The van der Waals surface area contributed by atoms with Crippen molar-refractivity contribution in [1.82, 2.24) is 0 Å². The summed E-state index contributed by atoms with van der Waals surface area (Å²) in [6, 6.07) is 0. The molecule has 0 spiro atoms. The van der Waals surface area contributed by atoms with Gasteiger partial charge in [-0.25, -0.2) is 0 Å². The van der Waals surface area contributed by atoms with Crippen LogP contribution in [-0.2, 0) is 9.59 Å². The lowest BCUT2D eigenvalue weighted by Crippen LogP contribution is -2.43. The Morgan fingerprint density at radius 3 is 1.94 bits per heavy atom. The summed E-state index contributed by atoms with van der Waals surface area (Å²) in [5, 5.41) is -0.738. The molecule has 0 atom stereocenters. The van der Waals surface area contributed by atoms with E-state index in [0.29, 0.717) is 5.92 Å². The summed E-state index contributed by atoms with van der Waals surface area (Å²) in [4.78, 5) is 23.5. The topological polar surface area (TPSA) is 34.1 Å². The van der Waals surface area contributed by atoms with Gasteiger partial charge >= 0.3 is 0 Å². The van der Waals surface area contributed by atoms with Crippen molar-refractivity contribution in [2.75, 3.05) is 0 Å². The number of Topliss-reactive ketones (excluding diaryl/α,β-unsaturated/α-hetero) is 1. The highest BCUT2D eigenvalue weighted by Gasteiger charge is 2.47. The van der Waals surface area contributed by atoms with Crippen LogP contribution in [0.4, 0.5) is 0 Å². The van der Waals surface area contributed by atoms with Crippen molar-refractivity contribution in [2.24, 2.45) is 11.3 Å². The Balaban J connectivity index is 2.21.